The third-order valence-electron chi connectivity index (χ3n) is 5.22. The van der Waals surface area contributed by atoms with E-state index in [1.165, 1.54) is 37.8 Å². The molecule has 1 aromatic carbocycles. The van der Waals surface area contributed by atoms with Crippen LogP contribution in [-0.4, -0.2) is 25.5 Å². The number of hydrogen-bond acceptors (Lipinski definition) is 1. The zero-order valence-electron chi connectivity index (χ0n) is 12.0. The van der Waals surface area contributed by atoms with Crippen molar-refractivity contribution in [2.24, 2.45) is 17.8 Å². The van der Waals surface area contributed by atoms with Crippen molar-refractivity contribution >= 4 is 11.6 Å². The molecule has 1 nitrogen and oxygen atoms in total. The molecule has 0 heterocycles. The van der Waals surface area contributed by atoms with Crippen LogP contribution < -0.4 is 0 Å². The molecule has 3 saturated carbocycles. The fourth-order valence-electron chi connectivity index (χ4n) is 4.46. The summed E-state index contributed by atoms with van der Waals surface area (Å²) in [5.41, 5.74) is 1.52. The first-order chi connectivity index (χ1) is 9.15. The molecule has 0 unspecified atom stereocenters. The zero-order chi connectivity index (χ0) is 13.4. The van der Waals surface area contributed by atoms with Crippen molar-refractivity contribution in [3.05, 3.63) is 34.9 Å². The third kappa shape index (κ3) is 2.68. The lowest BCUT2D eigenvalue weighted by Gasteiger charge is -2.50. The second kappa shape index (κ2) is 5.46. The highest BCUT2D eigenvalue weighted by atomic mass is 35.5. The van der Waals surface area contributed by atoms with Gasteiger partial charge >= 0.3 is 0 Å². The molecule has 0 spiro atoms. The van der Waals surface area contributed by atoms with Crippen LogP contribution in [0.5, 0.6) is 0 Å². The Labute approximate surface area is 121 Å². The maximum Gasteiger partial charge on any atom is 0.0406 e. The minimum atomic E-state index is 0.757. The highest BCUT2D eigenvalue weighted by Crippen LogP contribution is 2.53. The van der Waals surface area contributed by atoms with Crippen molar-refractivity contribution in [2.45, 2.75) is 31.6 Å². The van der Waals surface area contributed by atoms with Gasteiger partial charge in [0, 0.05) is 11.6 Å². The summed E-state index contributed by atoms with van der Waals surface area (Å²) >= 11 is 6.04. The summed E-state index contributed by atoms with van der Waals surface area (Å²) in [6.07, 6.45) is 5.77. The van der Waals surface area contributed by atoms with Crippen LogP contribution in [0.25, 0.3) is 0 Å². The van der Waals surface area contributed by atoms with E-state index in [9.17, 15) is 0 Å². The standard InChI is InChI=1S/C17H24ClN/c1-19(2)11-16-12-3-5-13(6-4-12)17(16)14-7-9-15(18)10-8-14/h7-10,12-13,16-17H,3-6,11H2,1-2H3/t12?,13?,16-,17+/m0/s1. The van der Waals surface area contributed by atoms with Gasteiger partial charge in [-0.2, -0.15) is 0 Å². The number of hydrogen-bond donors (Lipinski definition) is 0. The summed E-state index contributed by atoms with van der Waals surface area (Å²) in [4.78, 5) is 2.37. The molecular formula is C17H24ClN. The minimum absolute atomic E-state index is 0.757. The van der Waals surface area contributed by atoms with Gasteiger partial charge in [-0.1, -0.05) is 23.7 Å². The maximum absolute atomic E-state index is 6.04. The second-order valence-electron chi connectivity index (χ2n) is 6.68. The van der Waals surface area contributed by atoms with Crippen LogP contribution in [0.4, 0.5) is 0 Å². The van der Waals surface area contributed by atoms with Crippen molar-refractivity contribution in [2.75, 3.05) is 20.6 Å². The van der Waals surface area contributed by atoms with Crippen LogP contribution in [0.3, 0.4) is 0 Å². The molecule has 1 aromatic rings. The lowest BCUT2D eigenvalue weighted by molar-refractivity contribution is 0.0507. The first-order valence-electron chi connectivity index (χ1n) is 7.55. The molecule has 0 radical (unpaired) electrons. The van der Waals surface area contributed by atoms with Gasteiger partial charge in [0.15, 0.2) is 0 Å². The van der Waals surface area contributed by atoms with Gasteiger partial charge in [-0.15, -0.1) is 0 Å². The van der Waals surface area contributed by atoms with Crippen molar-refractivity contribution in [3.63, 3.8) is 0 Å². The van der Waals surface area contributed by atoms with Crippen LogP contribution >= 0.6 is 11.6 Å². The number of rotatable bonds is 3. The Balaban J connectivity index is 1.89. The molecule has 2 atom stereocenters. The Kier molecular flexibility index (Phi) is 3.86. The lowest BCUT2D eigenvalue weighted by Crippen LogP contribution is -2.43. The van der Waals surface area contributed by atoms with Crippen molar-refractivity contribution in [3.8, 4) is 0 Å². The average molecular weight is 278 g/mol. The number of halogens is 1. The first kappa shape index (κ1) is 13.5. The van der Waals surface area contributed by atoms with Crippen molar-refractivity contribution in [1.29, 1.82) is 0 Å². The van der Waals surface area contributed by atoms with E-state index in [1.807, 2.05) is 0 Å². The quantitative estimate of drug-likeness (QED) is 0.790. The second-order valence-corrected chi connectivity index (χ2v) is 7.11. The third-order valence-corrected chi connectivity index (χ3v) is 5.47. The van der Waals surface area contributed by atoms with Gasteiger partial charge in [-0.05, 0) is 81.1 Å². The summed E-state index contributed by atoms with van der Waals surface area (Å²) in [7, 11) is 4.42. The SMILES string of the molecule is CN(C)C[C@H]1C2CCC(CC2)[C@@H]1c1ccc(Cl)cc1. The fraction of sp³-hybridized carbons (Fsp3) is 0.647. The van der Waals surface area contributed by atoms with Gasteiger partial charge in [0.1, 0.15) is 0 Å². The normalized spacial score (nSPS) is 33.9. The molecule has 19 heavy (non-hydrogen) atoms. The van der Waals surface area contributed by atoms with E-state index >= 15 is 0 Å². The van der Waals surface area contributed by atoms with Crippen LogP contribution in [-0.2, 0) is 0 Å². The predicted octanol–water partition coefficient (Wildman–Crippen LogP) is 4.42. The molecule has 3 aliphatic carbocycles. The van der Waals surface area contributed by atoms with Gasteiger partial charge in [0.25, 0.3) is 0 Å². The van der Waals surface area contributed by atoms with E-state index in [0.29, 0.717) is 0 Å². The van der Waals surface area contributed by atoms with Crippen LogP contribution in [0.1, 0.15) is 37.2 Å². The van der Waals surface area contributed by atoms with E-state index in [-0.39, 0.29) is 0 Å². The molecule has 2 heteroatoms. The Bertz CT molecular complexity index is 417. The Morgan fingerprint density at radius 3 is 2.16 bits per heavy atom. The molecule has 0 aliphatic heterocycles. The molecule has 0 aromatic heterocycles. The number of fused-ring (bicyclic) bond motifs is 3. The number of nitrogens with zero attached hydrogens (tertiary/aromatic N) is 1. The number of benzene rings is 1. The predicted molar refractivity (Wildman–Crippen MR) is 81.7 cm³/mol. The smallest absolute Gasteiger partial charge is 0.0406 e. The molecule has 104 valence electrons. The van der Waals surface area contributed by atoms with E-state index < -0.39 is 0 Å². The minimum Gasteiger partial charge on any atom is -0.309 e. The van der Waals surface area contributed by atoms with E-state index in [1.54, 1.807) is 0 Å². The lowest BCUT2D eigenvalue weighted by atomic mass is 9.57. The highest BCUT2D eigenvalue weighted by molar-refractivity contribution is 6.30. The molecule has 3 fully saturated rings. The largest absolute Gasteiger partial charge is 0.309 e. The maximum atomic E-state index is 6.04. The fourth-order valence-corrected chi connectivity index (χ4v) is 4.59. The van der Waals surface area contributed by atoms with Gasteiger partial charge in [0.2, 0.25) is 0 Å². The molecule has 4 rings (SSSR count). The Hall–Kier alpha value is -0.530. The molecule has 0 amide bonds. The summed E-state index contributed by atoms with van der Waals surface area (Å²) in [5.74, 6) is 3.43. The van der Waals surface area contributed by atoms with E-state index in [2.05, 4.69) is 43.3 Å². The van der Waals surface area contributed by atoms with Crippen LogP contribution in [0.15, 0.2) is 24.3 Å². The van der Waals surface area contributed by atoms with Gasteiger partial charge in [0.05, 0.1) is 0 Å². The Morgan fingerprint density at radius 1 is 1.00 bits per heavy atom. The van der Waals surface area contributed by atoms with E-state index in [4.69, 9.17) is 11.6 Å². The zero-order valence-corrected chi connectivity index (χ0v) is 12.7. The Morgan fingerprint density at radius 2 is 1.58 bits per heavy atom. The molecule has 3 aliphatic rings. The first-order valence-corrected chi connectivity index (χ1v) is 7.93. The van der Waals surface area contributed by atoms with Gasteiger partial charge < -0.3 is 4.90 Å². The van der Waals surface area contributed by atoms with Gasteiger partial charge in [-0.3, -0.25) is 0 Å². The summed E-state index contributed by atoms with van der Waals surface area (Å²) in [6.45, 7) is 1.23. The highest BCUT2D eigenvalue weighted by Gasteiger charge is 2.43. The summed E-state index contributed by atoms with van der Waals surface area (Å²) in [5, 5.41) is 0.855. The van der Waals surface area contributed by atoms with Crippen molar-refractivity contribution < 1.29 is 0 Å². The van der Waals surface area contributed by atoms with Crippen LogP contribution in [0.2, 0.25) is 5.02 Å². The van der Waals surface area contributed by atoms with Gasteiger partial charge in [-0.25, -0.2) is 0 Å². The topological polar surface area (TPSA) is 3.24 Å². The monoisotopic (exact) mass is 277 g/mol. The molecule has 0 saturated heterocycles. The molecule has 2 bridgehead atoms. The molecule has 0 N–H and O–H groups in total. The summed E-state index contributed by atoms with van der Waals surface area (Å²) < 4.78 is 0. The average Bonchev–Trinajstić information content (AvgIpc) is 2.41. The molecular weight excluding hydrogens is 254 g/mol. The van der Waals surface area contributed by atoms with E-state index in [0.717, 1.165) is 28.7 Å². The van der Waals surface area contributed by atoms with Crippen molar-refractivity contribution in [1.82, 2.24) is 4.90 Å². The van der Waals surface area contributed by atoms with Crippen LogP contribution in [0, 0.1) is 17.8 Å². The summed E-state index contributed by atoms with van der Waals surface area (Å²) in [6, 6.07) is 8.64.